The summed E-state index contributed by atoms with van der Waals surface area (Å²) in [4.78, 5) is 16.2. The van der Waals surface area contributed by atoms with E-state index in [1.54, 1.807) is 10.9 Å². The summed E-state index contributed by atoms with van der Waals surface area (Å²) < 4.78 is 3.17. The van der Waals surface area contributed by atoms with Crippen LogP contribution in [0.1, 0.15) is 19.7 Å². The molecular weight excluding hydrogens is 270 g/mol. The molecule has 0 aliphatic carbocycles. The van der Waals surface area contributed by atoms with Crippen LogP contribution in [-0.4, -0.2) is 37.6 Å². The first kappa shape index (κ1) is 15.2. The summed E-state index contributed by atoms with van der Waals surface area (Å²) in [5, 5.41) is 11.3. The molecule has 0 amide bonds. The van der Waals surface area contributed by atoms with Crippen molar-refractivity contribution in [3.63, 3.8) is 0 Å². The van der Waals surface area contributed by atoms with Crippen molar-refractivity contribution in [1.82, 2.24) is 24.5 Å². The Kier molecular flexibility index (Phi) is 5.04. The van der Waals surface area contributed by atoms with Crippen LogP contribution in [0.2, 0.25) is 0 Å². The minimum Gasteiger partial charge on any atom is -0.382 e. The zero-order valence-corrected chi connectivity index (χ0v) is 12.4. The van der Waals surface area contributed by atoms with E-state index in [9.17, 15) is 4.79 Å². The third kappa shape index (κ3) is 4.12. The van der Waals surface area contributed by atoms with E-state index in [2.05, 4.69) is 34.3 Å². The lowest BCUT2D eigenvalue weighted by molar-refractivity contribution is 0.453. The number of rotatable bonds is 7. The topological polar surface area (TPSA) is 104 Å². The molecule has 0 fully saturated rings. The van der Waals surface area contributed by atoms with E-state index >= 15 is 0 Å². The number of hydrogen-bond acceptors (Lipinski definition) is 6. The Balaban J connectivity index is 2.13. The molecule has 114 valence electrons. The predicted octanol–water partition coefficient (Wildman–Crippen LogP) is -0.0903. The van der Waals surface area contributed by atoms with Crippen molar-refractivity contribution in [2.75, 3.05) is 18.4 Å². The van der Waals surface area contributed by atoms with E-state index in [4.69, 9.17) is 5.73 Å². The minimum atomic E-state index is -0.184. The quantitative estimate of drug-likeness (QED) is 0.739. The van der Waals surface area contributed by atoms with E-state index in [0.717, 1.165) is 12.4 Å². The van der Waals surface area contributed by atoms with Gasteiger partial charge in [-0.05, 0) is 5.92 Å². The average molecular weight is 291 g/mol. The van der Waals surface area contributed by atoms with E-state index in [1.807, 2.05) is 0 Å². The van der Waals surface area contributed by atoms with Gasteiger partial charge in [-0.1, -0.05) is 13.8 Å². The van der Waals surface area contributed by atoms with Gasteiger partial charge < -0.3 is 11.1 Å². The first-order valence-electron chi connectivity index (χ1n) is 6.98. The second-order valence-electron chi connectivity index (χ2n) is 5.21. The summed E-state index contributed by atoms with van der Waals surface area (Å²) >= 11 is 0. The van der Waals surface area contributed by atoms with Gasteiger partial charge in [-0.2, -0.15) is 10.2 Å². The molecule has 0 aromatic carbocycles. The molecule has 2 aromatic heterocycles. The van der Waals surface area contributed by atoms with Gasteiger partial charge in [-0.15, -0.1) is 0 Å². The Labute approximate surface area is 123 Å². The molecule has 0 aliphatic rings. The first-order chi connectivity index (χ1) is 10.1. The molecule has 0 unspecified atom stereocenters. The molecule has 0 spiro atoms. The van der Waals surface area contributed by atoms with Gasteiger partial charge in [0.2, 0.25) is 0 Å². The highest BCUT2D eigenvalue weighted by Crippen LogP contribution is 2.03. The van der Waals surface area contributed by atoms with Crippen LogP contribution in [0.4, 0.5) is 5.69 Å². The Morgan fingerprint density at radius 2 is 2.14 bits per heavy atom. The SMILES string of the molecule is CC(C)Cn1ncnc1Cn1ncc(NCCN)cc1=O. The summed E-state index contributed by atoms with van der Waals surface area (Å²) in [5.74, 6) is 1.18. The van der Waals surface area contributed by atoms with Gasteiger partial charge in [0.15, 0.2) is 0 Å². The van der Waals surface area contributed by atoms with Crippen molar-refractivity contribution in [1.29, 1.82) is 0 Å². The molecule has 2 heterocycles. The van der Waals surface area contributed by atoms with Crippen LogP contribution >= 0.6 is 0 Å². The fourth-order valence-electron chi connectivity index (χ4n) is 1.91. The van der Waals surface area contributed by atoms with Gasteiger partial charge in [0, 0.05) is 25.7 Å². The van der Waals surface area contributed by atoms with Gasteiger partial charge in [0.1, 0.15) is 18.7 Å². The number of hydrogen-bond donors (Lipinski definition) is 2. The zero-order valence-electron chi connectivity index (χ0n) is 12.4. The first-order valence-corrected chi connectivity index (χ1v) is 6.98. The van der Waals surface area contributed by atoms with Gasteiger partial charge in [-0.3, -0.25) is 4.79 Å². The van der Waals surface area contributed by atoms with Crippen LogP contribution < -0.4 is 16.6 Å². The van der Waals surface area contributed by atoms with Crippen LogP contribution in [0.25, 0.3) is 0 Å². The molecule has 8 heteroatoms. The van der Waals surface area contributed by atoms with Crippen LogP contribution in [-0.2, 0) is 13.1 Å². The fraction of sp³-hybridized carbons (Fsp3) is 0.538. The lowest BCUT2D eigenvalue weighted by Gasteiger charge is -2.10. The van der Waals surface area contributed by atoms with Crippen molar-refractivity contribution in [3.8, 4) is 0 Å². The van der Waals surface area contributed by atoms with Gasteiger partial charge >= 0.3 is 0 Å². The number of nitrogens with two attached hydrogens (primary N) is 1. The molecule has 3 N–H and O–H groups in total. The highest BCUT2D eigenvalue weighted by Gasteiger charge is 2.09. The second kappa shape index (κ2) is 6.98. The van der Waals surface area contributed by atoms with Crippen molar-refractivity contribution in [3.05, 3.63) is 34.8 Å². The molecule has 0 bridgehead atoms. The van der Waals surface area contributed by atoms with Gasteiger partial charge in [0.25, 0.3) is 5.56 Å². The Hall–Kier alpha value is -2.22. The Morgan fingerprint density at radius 1 is 1.33 bits per heavy atom. The Morgan fingerprint density at radius 3 is 2.81 bits per heavy atom. The normalized spacial score (nSPS) is 11.0. The summed E-state index contributed by atoms with van der Waals surface area (Å²) in [6.07, 6.45) is 3.11. The van der Waals surface area contributed by atoms with Crippen molar-refractivity contribution < 1.29 is 0 Å². The van der Waals surface area contributed by atoms with E-state index in [1.165, 1.54) is 17.1 Å². The molecule has 8 nitrogen and oxygen atoms in total. The number of nitrogens with one attached hydrogen (secondary N) is 1. The number of nitrogens with zero attached hydrogens (tertiary/aromatic N) is 5. The monoisotopic (exact) mass is 291 g/mol. The van der Waals surface area contributed by atoms with E-state index in [0.29, 0.717) is 31.2 Å². The summed E-state index contributed by atoms with van der Waals surface area (Å²) in [5.41, 5.74) is 5.89. The van der Waals surface area contributed by atoms with Crippen LogP contribution in [0.5, 0.6) is 0 Å². The van der Waals surface area contributed by atoms with Crippen LogP contribution in [0.3, 0.4) is 0 Å². The molecular formula is C13H21N7O. The largest absolute Gasteiger partial charge is 0.382 e. The standard InChI is InChI=1S/C13H21N7O/c1-10(2)7-19-12(16-9-18-19)8-20-13(21)5-11(6-17-20)15-4-3-14/h5-6,9-10,15H,3-4,7-8,14H2,1-2H3. The highest BCUT2D eigenvalue weighted by atomic mass is 16.1. The van der Waals surface area contributed by atoms with Crippen LogP contribution in [0, 0.1) is 5.92 Å². The predicted molar refractivity (Wildman–Crippen MR) is 80.0 cm³/mol. The van der Waals surface area contributed by atoms with Gasteiger partial charge in [-0.25, -0.2) is 14.3 Å². The molecule has 21 heavy (non-hydrogen) atoms. The lowest BCUT2D eigenvalue weighted by atomic mass is 10.2. The Bertz CT molecular complexity index is 631. The molecule has 0 aliphatic heterocycles. The van der Waals surface area contributed by atoms with Crippen molar-refractivity contribution >= 4 is 5.69 Å². The van der Waals surface area contributed by atoms with E-state index < -0.39 is 0 Å². The number of aromatic nitrogens is 5. The van der Waals surface area contributed by atoms with Gasteiger partial charge in [0.05, 0.1) is 11.9 Å². The maximum Gasteiger partial charge on any atom is 0.269 e. The molecule has 2 aromatic rings. The van der Waals surface area contributed by atoms with Crippen molar-refractivity contribution in [2.24, 2.45) is 11.7 Å². The maximum atomic E-state index is 12.0. The number of anilines is 1. The second-order valence-corrected chi connectivity index (χ2v) is 5.21. The third-order valence-corrected chi connectivity index (χ3v) is 2.87. The minimum absolute atomic E-state index is 0.184. The molecule has 0 saturated heterocycles. The summed E-state index contributed by atoms with van der Waals surface area (Å²) in [7, 11) is 0. The zero-order chi connectivity index (χ0) is 15.2. The highest BCUT2D eigenvalue weighted by molar-refractivity contribution is 5.38. The summed E-state index contributed by atoms with van der Waals surface area (Å²) in [6.45, 7) is 6.39. The molecule has 2 rings (SSSR count). The molecule has 0 saturated carbocycles. The smallest absolute Gasteiger partial charge is 0.269 e. The van der Waals surface area contributed by atoms with E-state index in [-0.39, 0.29) is 5.56 Å². The molecule has 0 radical (unpaired) electrons. The third-order valence-electron chi connectivity index (χ3n) is 2.87. The van der Waals surface area contributed by atoms with Crippen LogP contribution in [0.15, 0.2) is 23.4 Å². The van der Waals surface area contributed by atoms with Crippen molar-refractivity contribution in [2.45, 2.75) is 26.9 Å². The lowest BCUT2D eigenvalue weighted by Crippen LogP contribution is -2.25. The molecule has 0 atom stereocenters. The maximum absolute atomic E-state index is 12.0. The average Bonchev–Trinajstić information content (AvgIpc) is 2.85. The summed E-state index contributed by atoms with van der Waals surface area (Å²) in [6, 6.07) is 1.51. The fourth-order valence-corrected chi connectivity index (χ4v) is 1.91.